The minimum absolute atomic E-state index is 0.391. The molecule has 0 saturated heterocycles. The normalized spacial score (nSPS) is 10.3. The molecule has 0 aliphatic heterocycles. The van der Waals surface area contributed by atoms with Gasteiger partial charge in [-0.1, -0.05) is 6.92 Å². The smallest absolute Gasteiger partial charge is 0.315 e. The molecule has 0 unspecified atom stereocenters. The summed E-state index contributed by atoms with van der Waals surface area (Å²) in [6.07, 6.45) is 1.38. The van der Waals surface area contributed by atoms with Crippen molar-refractivity contribution in [3.05, 3.63) is 17.2 Å². The van der Waals surface area contributed by atoms with E-state index in [-0.39, 0.29) is 0 Å². The number of hydrogen-bond acceptors (Lipinski definition) is 3. The first-order valence-corrected chi connectivity index (χ1v) is 5.41. The van der Waals surface area contributed by atoms with Gasteiger partial charge in [0.05, 0.1) is 11.4 Å². The molecule has 1 amide bonds. The lowest BCUT2D eigenvalue weighted by Gasteiger charge is -2.13. The van der Waals surface area contributed by atoms with E-state index in [1.807, 2.05) is 13.8 Å². The highest BCUT2D eigenvalue weighted by atomic mass is 16.7. The fourth-order valence-corrected chi connectivity index (χ4v) is 1.32. The molecule has 0 fully saturated rings. The second-order valence-corrected chi connectivity index (χ2v) is 3.99. The molecule has 1 rings (SSSR count). The third-order valence-corrected chi connectivity index (χ3v) is 2.37. The molecule has 0 aromatic carbocycles. The summed E-state index contributed by atoms with van der Waals surface area (Å²) in [4.78, 5) is 22.5. The van der Waals surface area contributed by atoms with Crippen molar-refractivity contribution in [2.45, 2.75) is 33.6 Å². The Kier molecular flexibility index (Phi) is 3.93. The second-order valence-electron chi connectivity index (χ2n) is 3.99. The molecule has 0 aliphatic carbocycles. The maximum absolute atomic E-state index is 11.5. The average Bonchev–Trinajstić information content (AvgIpc) is 2.46. The van der Waals surface area contributed by atoms with Crippen LogP contribution in [0.2, 0.25) is 0 Å². The van der Waals surface area contributed by atoms with Crippen LogP contribution in [-0.2, 0) is 6.42 Å². The van der Waals surface area contributed by atoms with Crippen LogP contribution in [0.4, 0.5) is 4.79 Å². The monoisotopic (exact) mass is 225 g/mol. The standard InChI is InChI=1S/C11H19N3O2/c1-6-7-10-12-8(2)9(3)14(10)16-11(15)13(4)5/h6-7H2,1-5H3. The van der Waals surface area contributed by atoms with Crippen LogP contribution in [0.3, 0.4) is 0 Å². The van der Waals surface area contributed by atoms with Gasteiger partial charge in [0.2, 0.25) is 0 Å². The first-order chi connectivity index (χ1) is 7.47. The predicted molar refractivity (Wildman–Crippen MR) is 61.4 cm³/mol. The number of aromatic nitrogens is 2. The summed E-state index contributed by atoms with van der Waals surface area (Å²) in [7, 11) is 3.31. The Balaban J connectivity index is 2.96. The molecular weight excluding hydrogens is 206 g/mol. The first kappa shape index (κ1) is 12.5. The molecule has 5 nitrogen and oxygen atoms in total. The van der Waals surface area contributed by atoms with Gasteiger partial charge in [0.15, 0.2) is 0 Å². The fraction of sp³-hybridized carbons (Fsp3) is 0.636. The van der Waals surface area contributed by atoms with Crippen molar-refractivity contribution in [2.75, 3.05) is 14.1 Å². The van der Waals surface area contributed by atoms with Crippen LogP contribution < -0.4 is 4.84 Å². The number of aryl methyl sites for hydroxylation is 2. The summed E-state index contributed by atoms with van der Waals surface area (Å²) >= 11 is 0. The van der Waals surface area contributed by atoms with Crippen LogP contribution in [0, 0.1) is 13.8 Å². The van der Waals surface area contributed by atoms with Crippen LogP contribution in [0.25, 0.3) is 0 Å². The van der Waals surface area contributed by atoms with Crippen LogP contribution in [0.15, 0.2) is 0 Å². The largest absolute Gasteiger partial charge is 0.434 e. The highest BCUT2D eigenvalue weighted by molar-refractivity contribution is 5.67. The number of carbonyl (C=O) groups is 1. The van der Waals surface area contributed by atoms with Gasteiger partial charge in [-0.15, -0.1) is 0 Å². The minimum atomic E-state index is -0.391. The van der Waals surface area contributed by atoms with Crippen molar-refractivity contribution >= 4 is 6.09 Å². The third kappa shape index (κ3) is 2.53. The summed E-state index contributed by atoms with van der Waals surface area (Å²) in [5.41, 5.74) is 1.77. The van der Waals surface area contributed by atoms with E-state index >= 15 is 0 Å². The maximum Gasteiger partial charge on any atom is 0.434 e. The molecule has 5 heteroatoms. The molecule has 0 saturated carbocycles. The van der Waals surface area contributed by atoms with Crippen molar-refractivity contribution in [1.29, 1.82) is 0 Å². The van der Waals surface area contributed by atoms with E-state index in [0.29, 0.717) is 0 Å². The molecule has 0 radical (unpaired) electrons. The van der Waals surface area contributed by atoms with Gasteiger partial charge >= 0.3 is 6.09 Å². The topological polar surface area (TPSA) is 47.4 Å². The summed E-state index contributed by atoms with van der Waals surface area (Å²) in [6, 6.07) is 0. The van der Waals surface area contributed by atoms with Gasteiger partial charge in [-0.2, -0.15) is 4.73 Å². The van der Waals surface area contributed by atoms with E-state index in [1.165, 1.54) is 9.63 Å². The van der Waals surface area contributed by atoms with E-state index in [2.05, 4.69) is 11.9 Å². The lowest BCUT2D eigenvalue weighted by atomic mass is 10.3. The molecule has 0 aliphatic rings. The van der Waals surface area contributed by atoms with Gasteiger partial charge in [-0.25, -0.2) is 9.78 Å². The van der Waals surface area contributed by atoms with Crippen molar-refractivity contribution in [2.24, 2.45) is 0 Å². The number of carbonyl (C=O) groups excluding carboxylic acids is 1. The maximum atomic E-state index is 11.5. The predicted octanol–water partition coefficient (Wildman–Crippen LogP) is 1.56. The molecule has 0 N–H and O–H groups in total. The SMILES string of the molecule is CCCc1nc(C)c(C)n1OC(=O)N(C)C. The third-order valence-electron chi connectivity index (χ3n) is 2.37. The highest BCUT2D eigenvalue weighted by Crippen LogP contribution is 2.10. The molecule has 0 spiro atoms. The Morgan fingerprint density at radius 1 is 1.44 bits per heavy atom. The molecule has 1 heterocycles. The molecule has 90 valence electrons. The Bertz CT molecular complexity index is 383. The molecule has 1 aromatic rings. The van der Waals surface area contributed by atoms with E-state index < -0.39 is 6.09 Å². The minimum Gasteiger partial charge on any atom is -0.315 e. The van der Waals surface area contributed by atoms with E-state index in [0.717, 1.165) is 30.1 Å². The molecule has 0 atom stereocenters. The quantitative estimate of drug-likeness (QED) is 0.784. The molecular formula is C11H19N3O2. The zero-order chi connectivity index (χ0) is 12.3. The van der Waals surface area contributed by atoms with E-state index in [1.54, 1.807) is 14.1 Å². The van der Waals surface area contributed by atoms with Crippen LogP contribution in [0.5, 0.6) is 0 Å². The van der Waals surface area contributed by atoms with Crippen LogP contribution >= 0.6 is 0 Å². The van der Waals surface area contributed by atoms with Crippen LogP contribution in [-0.4, -0.2) is 34.8 Å². The summed E-state index contributed by atoms with van der Waals surface area (Å²) < 4.78 is 1.53. The van der Waals surface area contributed by atoms with Crippen LogP contribution in [0.1, 0.15) is 30.6 Å². The van der Waals surface area contributed by atoms with Crippen molar-refractivity contribution < 1.29 is 9.63 Å². The lowest BCUT2D eigenvalue weighted by molar-refractivity contribution is 0.101. The van der Waals surface area contributed by atoms with Crippen molar-refractivity contribution in [3.63, 3.8) is 0 Å². The van der Waals surface area contributed by atoms with Gasteiger partial charge in [-0.3, -0.25) is 0 Å². The van der Waals surface area contributed by atoms with Gasteiger partial charge in [0.25, 0.3) is 0 Å². The van der Waals surface area contributed by atoms with E-state index in [9.17, 15) is 4.79 Å². The first-order valence-electron chi connectivity index (χ1n) is 5.41. The average molecular weight is 225 g/mol. The van der Waals surface area contributed by atoms with Gasteiger partial charge < -0.3 is 9.74 Å². The number of rotatable bonds is 3. The summed E-state index contributed by atoms with van der Waals surface area (Å²) in [5, 5.41) is 0. The Hall–Kier alpha value is -1.52. The second kappa shape index (κ2) is 5.01. The number of imidazole rings is 1. The molecule has 1 aromatic heterocycles. The summed E-state index contributed by atoms with van der Waals surface area (Å²) in [5.74, 6) is 0.799. The summed E-state index contributed by atoms with van der Waals surface area (Å²) in [6.45, 7) is 5.87. The number of amides is 1. The number of nitrogens with zero attached hydrogens (tertiary/aromatic N) is 3. The van der Waals surface area contributed by atoms with Gasteiger partial charge in [0, 0.05) is 20.5 Å². The zero-order valence-electron chi connectivity index (χ0n) is 10.6. The highest BCUT2D eigenvalue weighted by Gasteiger charge is 2.15. The van der Waals surface area contributed by atoms with Gasteiger partial charge in [-0.05, 0) is 20.3 Å². The Labute approximate surface area is 96.0 Å². The fourth-order valence-electron chi connectivity index (χ4n) is 1.32. The Morgan fingerprint density at radius 2 is 2.06 bits per heavy atom. The zero-order valence-corrected chi connectivity index (χ0v) is 10.6. The Morgan fingerprint density at radius 3 is 2.56 bits per heavy atom. The van der Waals surface area contributed by atoms with Crippen molar-refractivity contribution in [3.8, 4) is 0 Å². The van der Waals surface area contributed by atoms with Crippen molar-refractivity contribution in [1.82, 2.24) is 14.6 Å². The molecule has 16 heavy (non-hydrogen) atoms. The van der Waals surface area contributed by atoms with Gasteiger partial charge in [0.1, 0.15) is 5.82 Å². The van der Waals surface area contributed by atoms with E-state index in [4.69, 9.17) is 4.84 Å². The molecule has 0 bridgehead atoms. The number of hydrogen-bond donors (Lipinski definition) is 0. The lowest BCUT2D eigenvalue weighted by Crippen LogP contribution is -2.32.